The molecule has 0 saturated heterocycles. The maximum atomic E-state index is 12.2. The standard InChI is InChI=1S/C12H20N2OS2/c1-4-14(7-5-6-13(2)3)12(15)11-8-10(16)9-17-11/h8-9,16H,4-7H2,1-3H3. The molecular formula is C12H20N2OS2. The Kier molecular flexibility index (Phi) is 6.02. The second-order valence-electron chi connectivity index (χ2n) is 4.21. The van der Waals surface area contributed by atoms with Crippen molar-refractivity contribution in [2.45, 2.75) is 18.2 Å². The molecule has 1 heterocycles. The summed E-state index contributed by atoms with van der Waals surface area (Å²) in [5, 5.41) is 1.89. The van der Waals surface area contributed by atoms with Gasteiger partial charge in [0.2, 0.25) is 0 Å². The molecule has 0 N–H and O–H groups in total. The van der Waals surface area contributed by atoms with Crippen LogP contribution in [0.4, 0.5) is 0 Å². The van der Waals surface area contributed by atoms with Crippen LogP contribution < -0.4 is 0 Å². The van der Waals surface area contributed by atoms with Crippen molar-refractivity contribution in [2.75, 3.05) is 33.7 Å². The van der Waals surface area contributed by atoms with Crippen molar-refractivity contribution in [1.82, 2.24) is 9.80 Å². The van der Waals surface area contributed by atoms with Crippen LogP contribution in [0.5, 0.6) is 0 Å². The van der Waals surface area contributed by atoms with Gasteiger partial charge in [0.25, 0.3) is 5.91 Å². The van der Waals surface area contributed by atoms with Gasteiger partial charge in [-0.25, -0.2) is 0 Å². The summed E-state index contributed by atoms with van der Waals surface area (Å²) in [7, 11) is 4.09. The number of rotatable bonds is 6. The molecule has 0 aromatic carbocycles. The molecule has 0 fully saturated rings. The largest absolute Gasteiger partial charge is 0.338 e. The van der Waals surface area contributed by atoms with Crippen LogP contribution >= 0.6 is 24.0 Å². The average Bonchev–Trinajstić information content (AvgIpc) is 2.70. The van der Waals surface area contributed by atoms with Gasteiger partial charge in [-0.1, -0.05) is 0 Å². The number of carbonyl (C=O) groups is 1. The first-order valence-corrected chi connectivity index (χ1v) is 7.08. The monoisotopic (exact) mass is 272 g/mol. The van der Waals surface area contributed by atoms with Gasteiger partial charge in [-0.15, -0.1) is 24.0 Å². The third kappa shape index (κ3) is 4.69. The molecule has 0 aliphatic rings. The fourth-order valence-electron chi connectivity index (χ4n) is 1.58. The number of carbonyl (C=O) groups excluding carboxylic acids is 1. The molecule has 3 nitrogen and oxygen atoms in total. The van der Waals surface area contributed by atoms with Gasteiger partial charge >= 0.3 is 0 Å². The summed E-state index contributed by atoms with van der Waals surface area (Å²) in [6.07, 6.45) is 1.01. The summed E-state index contributed by atoms with van der Waals surface area (Å²) in [6.45, 7) is 4.59. The topological polar surface area (TPSA) is 23.6 Å². The molecule has 1 amide bonds. The lowest BCUT2D eigenvalue weighted by atomic mass is 10.3. The zero-order valence-corrected chi connectivity index (χ0v) is 12.4. The Labute approximate surface area is 113 Å². The lowest BCUT2D eigenvalue weighted by Gasteiger charge is -2.21. The van der Waals surface area contributed by atoms with E-state index in [1.807, 2.05) is 37.4 Å². The SMILES string of the molecule is CCN(CCCN(C)C)C(=O)c1cc(S)cs1. The van der Waals surface area contributed by atoms with Gasteiger partial charge in [0, 0.05) is 23.4 Å². The molecule has 0 saturated carbocycles. The Hall–Kier alpha value is -0.520. The van der Waals surface area contributed by atoms with Crippen molar-refractivity contribution < 1.29 is 4.79 Å². The molecule has 1 aromatic rings. The van der Waals surface area contributed by atoms with E-state index >= 15 is 0 Å². The number of thiol groups is 1. The second kappa shape index (κ2) is 7.03. The number of nitrogens with zero attached hydrogens (tertiary/aromatic N) is 2. The maximum Gasteiger partial charge on any atom is 0.263 e. The zero-order chi connectivity index (χ0) is 12.8. The van der Waals surface area contributed by atoms with E-state index in [0.717, 1.165) is 35.8 Å². The summed E-state index contributed by atoms with van der Waals surface area (Å²) in [5.74, 6) is 0.122. The Balaban J connectivity index is 2.52. The van der Waals surface area contributed by atoms with Crippen molar-refractivity contribution in [3.05, 3.63) is 16.3 Å². The number of thiophene rings is 1. The van der Waals surface area contributed by atoms with Crippen molar-refractivity contribution in [2.24, 2.45) is 0 Å². The predicted octanol–water partition coefficient (Wildman–Crippen LogP) is 2.45. The van der Waals surface area contributed by atoms with E-state index in [4.69, 9.17) is 0 Å². The Morgan fingerprint density at radius 2 is 2.12 bits per heavy atom. The van der Waals surface area contributed by atoms with Crippen LogP contribution in [0.1, 0.15) is 23.0 Å². The van der Waals surface area contributed by atoms with Gasteiger partial charge in [-0.05, 0) is 40.1 Å². The van der Waals surface area contributed by atoms with Crippen LogP contribution in [0.2, 0.25) is 0 Å². The molecule has 0 bridgehead atoms. The fourth-order valence-corrected chi connectivity index (χ4v) is 2.69. The first-order valence-electron chi connectivity index (χ1n) is 5.76. The van der Waals surface area contributed by atoms with E-state index < -0.39 is 0 Å². The normalized spacial score (nSPS) is 10.9. The third-order valence-electron chi connectivity index (χ3n) is 2.50. The minimum atomic E-state index is 0.122. The Bertz CT molecular complexity index is 363. The molecule has 0 aliphatic carbocycles. The Morgan fingerprint density at radius 3 is 2.59 bits per heavy atom. The molecule has 0 atom stereocenters. The number of hydrogen-bond acceptors (Lipinski definition) is 4. The van der Waals surface area contributed by atoms with Gasteiger partial charge in [-0.2, -0.15) is 0 Å². The quantitative estimate of drug-likeness (QED) is 0.804. The van der Waals surface area contributed by atoms with Crippen LogP contribution in [0, 0.1) is 0 Å². The summed E-state index contributed by atoms with van der Waals surface area (Å²) in [4.78, 5) is 17.8. The minimum Gasteiger partial charge on any atom is -0.338 e. The lowest BCUT2D eigenvalue weighted by molar-refractivity contribution is 0.0764. The summed E-state index contributed by atoms with van der Waals surface area (Å²) in [6, 6.07) is 1.84. The third-order valence-corrected chi connectivity index (χ3v) is 3.85. The fraction of sp³-hybridized carbons (Fsp3) is 0.583. The molecule has 0 spiro atoms. The molecule has 0 radical (unpaired) electrons. The van der Waals surface area contributed by atoms with Crippen LogP contribution in [0.25, 0.3) is 0 Å². The highest BCUT2D eigenvalue weighted by molar-refractivity contribution is 7.80. The molecule has 0 aliphatic heterocycles. The van der Waals surface area contributed by atoms with Crippen LogP contribution in [0.15, 0.2) is 16.3 Å². The maximum absolute atomic E-state index is 12.2. The molecule has 96 valence electrons. The van der Waals surface area contributed by atoms with E-state index in [2.05, 4.69) is 17.5 Å². The summed E-state index contributed by atoms with van der Waals surface area (Å²) in [5.41, 5.74) is 0. The van der Waals surface area contributed by atoms with E-state index in [0.29, 0.717) is 0 Å². The molecule has 5 heteroatoms. The Morgan fingerprint density at radius 1 is 1.41 bits per heavy atom. The molecule has 17 heavy (non-hydrogen) atoms. The molecule has 0 unspecified atom stereocenters. The van der Waals surface area contributed by atoms with Gasteiger partial charge in [0.05, 0.1) is 4.88 Å². The van der Waals surface area contributed by atoms with E-state index in [9.17, 15) is 4.79 Å². The highest BCUT2D eigenvalue weighted by Gasteiger charge is 2.15. The summed E-state index contributed by atoms with van der Waals surface area (Å²) < 4.78 is 0. The highest BCUT2D eigenvalue weighted by atomic mass is 32.1. The second-order valence-corrected chi connectivity index (χ2v) is 5.64. The van der Waals surface area contributed by atoms with E-state index in [1.54, 1.807) is 0 Å². The van der Waals surface area contributed by atoms with Gasteiger partial charge < -0.3 is 9.80 Å². The minimum absolute atomic E-state index is 0.122. The van der Waals surface area contributed by atoms with Crippen LogP contribution in [-0.2, 0) is 0 Å². The van der Waals surface area contributed by atoms with E-state index in [-0.39, 0.29) is 5.91 Å². The van der Waals surface area contributed by atoms with Crippen LogP contribution in [-0.4, -0.2) is 49.4 Å². The molecule has 1 aromatic heterocycles. The van der Waals surface area contributed by atoms with Crippen molar-refractivity contribution in [1.29, 1.82) is 0 Å². The van der Waals surface area contributed by atoms with Crippen molar-refractivity contribution in [3.63, 3.8) is 0 Å². The molecular weight excluding hydrogens is 252 g/mol. The van der Waals surface area contributed by atoms with Gasteiger partial charge in [-0.3, -0.25) is 4.79 Å². The zero-order valence-electron chi connectivity index (χ0n) is 10.6. The van der Waals surface area contributed by atoms with Crippen LogP contribution in [0.3, 0.4) is 0 Å². The van der Waals surface area contributed by atoms with Gasteiger partial charge in [0.1, 0.15) is 0 Å². The highest BCUT2D eigenvalue weighted by Crippen LogP contribution is 2.19. The van der Waals surface area contributed by atoms with Crippen molar-refractivity contribution in [3.8, 4) is 0 Å². The number of hydrogen-bond donors (Lipinski definition) is 1. The first kappa shape index (κ1) is 14.5. The van der Waals surface area contributed by atoms with E-state index in [1.165, 1.54) is 11.3 Å². The lowest BCUT2D eigenvalue weighted by Crippen LogP contribution is -2.32. The first-order chi connectivity index (χ1) is 8.04. The molecule has 1 rings (SSSR count). The predicted molar refractivity (Wildman–Crippen MR) is 76.3 cm³/mol. The summed E-state index contributed by atoms with van der Waals surface area (Å²) >= 11 is 5.69. The smallest absolute Gasteiger partial charge is 0.263 e. The number of amides is 1. The van der Waals surface area contributed by atoms with Gasteiger partial charge in [0.15, 0.2) is 0 Å². The van der Waals surface area contributed by atoms with Crippen molar-refractivity contribution >= 4 is 29.9 Å². The average molecular weight is 272 g/mol.